The van der Waals surface area contributed by atoms with Crippen LogP contribution in [-0.2, 0) is 6.54 Å². The summed E-state index contributed by atoms with van der Waals surface area (Å²) in [6.45, 7) is 3.79. The Bertz CT molecular complexity index is 988. The summed E-state index contributed by atoms with van der Waals surface area (Å²) in [5.74, 6) is -1.80. The van der Waals surface area contributed by atoms with Crippen molar-refractivity contribution in [1.82, 2.24) is 9.88 Å². The molecule has 0 unspecified atom stereocenters. The molecule has 0 atom stereocenters. The number of anilines is 1. The topological polar surface area (TPSA) is 39.3 Å². The van der Waals surface area contributed by atoms with Gasteiger partial charge in [0, 0.05) is 61.3 Å². The first-order valence-corrected chi connectivity index (χ1v) is 9.16. The third kappa shape index (κ3) is 3.75. The molecule has 2 aromatic carbocycles. The smallest absolute Gasteiger partial charge is 0.369 e. The lowest BCUT2D eigenvalue weighted by atomic mass is 10.1. The molecule has 7 heteroatoms. The maximum absolute atomic E-state index is 12.7. The second-order valence-electron chi connectivity index (χ2n) is 6.99. The summed E-state index contributed by atoms with van der Waals surface area (Å²) < 4.78 is 38.0. The zero-order valence-electron chi connectivity index (χ0n) is 15.2. The molecule has 0 aliphatic carbocycles. The maximum atomic E-state index is 12.7. The van der Waals surface area contributed by atoms with Crippen LogP contribution in [0.5, 0.6) is 0 Å². The first-order chi connectivity index (χ1) is 13.4. The summed E-state index contributed by atoms with van der Waals surface area (Å²) in [5, 5.41) is 2.39. The number of Topliss-reactive ketones (excluding diaryl/α,β-unsaturated/α-hetero) is 1. The molecule has 0 saturated carbocycles. The summed E-state index contributed by atoms with van der Waals surface area (Å²) in [4.78, 5) is 19.2. The highest BCUT2D eigenvalue weighted by Crippen LogP contribution is 2.25. The highest BCUT2D eigenvalue weighted by atomic mass is 19.4. The van der Waals surface area contributed by atoms with Crippen LogP contribution in [-0.4, -0.2) is 48.0 Å². The van der Waals surface area contributed by atoms with Gasteiger partial charge in [-0.25, -0.2) is 0 Å². The van der Waals surface area contributed by atoms with Crippen molar-refractivity contribution in [1.29, 1.82) is 0 Å². The lowest BCUT2D eigenvalue weighted by Gasteiger charge is -2.36. The Kier molecular flexibility index (Phi) is 4.85. The van der Waals surface area contributed by atoms with Gasteiger partial charge in [-0.1, -0.05) is 36.4 Å². The van der Waals surface area contributed by atoms with Crippen LogP contribution < -0.4 is 4.90 Å². The minimum Gasteiger partial charge on any atom is -0.369 e. The predicted octanol–water partition coefficient (Wildman–Crippen LogP) is 4.24. The molecule has 1 aromatic heterocycles. The molecular weight excluding hydrogens is 367 g/mol. The number of hydrogen-bond donors (Lipinski definition) is 1. The van der Waals surface area contributed by atoms with Gasteiger partial charge in [-0.3, -0.25) is 9.69 Å². The molecule has 1 saturated heterocycles. The summed E-state index contributed by atoms with van der Waals surface area (Å²) in [6.07, 6.45) is -2.85. The third-order valence-corrected chi connectivity index (χ3v) is 5.17. The number of hydrogen-bond acceptors (Lipinski definition) is 3. The van der Waals surface area contributed by atoms with Crippen LogP contribution in [0.25, 0.3) is 10.8 Å². The third-order valence-electron chi connectivity index (χ3n) is 5.17. The number of carbonyl (C=O) groups is 1. The number of ketones is 1. The van der Waals surface area contributed by atoms with Gasteiger partial charge in [0.2, 0.25) is 0 Å². The monoisotopic (exact) mass is 387 g/mol. The number of aromatic nitrogens is 1. The number of benzene rings is 2. The van der Waals surface area contributed by atoms with Crippen molar-refractivity contribution >= 4 is 22.2 Å². The van der Waals surface area contributed by atoms with Crippen LogP contribution in [0.1, 0.15) is 16.1 Å². The van der Waals surface area contributed by atoms with E-state index < -0.39 is 12.0 Å². The summed E-state index contributed by atoms with van der Waals surface area (Å²) >= 11 is 0. The van der Waals surface area contributed by atoms with E-state index in [1.54, 1.807) is 6.07 Å². The fourth-order valence-electron chi connectivity index (χ4n) is 3.67. The number of H-pyrrole nitrogens is 1. The first-order valence-electron chi connectivity index (χ1n) is 9.16. The number of halogens is 3. The van der Waals surface area contributed by atoms with E-state index in [0.29, 0.717) is 18.8 Å². The van der Waals surface area contributed by atoms with Crippen molar-refractivity contribution in [2.24, 2.45) is 0 Å². The minimum absolute atomic E-state index is 0.315. The summed E-state index contributed by atoms with van der Waals surface area (Å²) in [5.41, 5.74) is 1.51. The van der Waals surface area contributed by atoms with E-state index in [2.05, 4.69) is 22.0 Å². The van der Waals surface area contributed by atoms with E-state index in [4.69, 9.17) is 0 Å². The van der Waals surface area contributed by atoms with Gasteiger partial charge in [0.25, 0.3) is 5.78 Å². The van der Waals surface area contributed by atoms with E-state index >= 15 is 0 Å². The van der Waals surface area contributed by atoms with Gasteiger partial charge < -0.3 is 9.88 Å². The standard InChI is InChI=1S/C21H20F3N3O/c22-21(23,24)20(28)15-5-3-6-17(12-15)27-10-8-26(9-11-27)14-19-18-7-2-1-4-16(18)13-25-19/h1-7,12-13,25H,8-11,14H2. The second kappa shape index (κ2) is 7.31. The fraction of sp³-hybridized carbons (Fsp3) is 0.286. The van der Waals surface area contributed by atoms with Crippen LogP contribution in [0.2, 0.25) is 0 Å². The van der Waals surface area contributed by atoms with Crippen molar-refractivity contribution in [2.45, 2.75) is 12.7 Å². The van der Waals surface area contributed by atoms with E-state index in [0.717, 1.165) is 19.6 Å². The number of nitrogens with one attached hydrogen (secondary N) is 1. The van der Waals surface area contributed by atoms with Crippen LogP contribution in [0, 0.1) is 0 Å². The number of aromatic amines is 1. The van der Waals surface area contributed by atoms with Gasteiger partial charge in [0.1, 0.15) is 0 Å². The van der Waals surface area contributed by atoms with E-state index in [-0.39, 0.29) is 5.56 Å². The summed E-state index contributed by atoms with van der Waals surface area (Å²) in [7, 11) is 0. The fourth-order valence-corrected chi connectivity index (χ4v) is 3.67. The molecule has 2 heterocycles. The van der Waals surface area contributed by atoms with Crippen molar-refractivity contribution in [3.8, 4) is 0 Å². The lowest BCUT2D eigenvalue weighted by Crippen LogP contribution is -2.46. The Hall–Kier alpha value is -2.80. The van der Waals surface area contributed by atoms with Gasteiger partial charge in [0.05, 0.1) is 0 Å². The van der Waals surface area contributed by atoms with Gasteiger partial charge in [-0.05, 0) is 17.5 Å². The number of alkyl halides is 3. The van der Waals surface area contributed by atoms with E-state index in [9.17, 15) is 18.0 Å². The number of piperazine rings is 1. The van der Waals surface area contributed by atoms with Gasteiger partial charge >= 0.3 is 6.18 Å². The molecule has 0 bridgehead atoms. The second-order valence-corrected chi connectivity index (χ2v) is 6.99. The number of rotatable bonds is 4. The molecule has 4 nitrogen and oxygen atoms in total. The average molecular weight is 387 g/mol. The van der Waals surface area contributed by atoms with Crippen LogP contribution in [0.3, 0.4) is 0 Å². The molecule has 4 rings (SSSR count). The van der Waals surface area contributed by atoms with Gasteiger partial charge in [-0.15, -0.1) is 0 Å². The molecule has 0 amide bonds. The first kappa shape index (κ1) is 18.6. The molecule has 1 aliphatic heterocycles. The molecule has 1 N–H and O–H groups in total. The molecule has 1 fully saturated rings. The van der Waals surface area contributed by atoms with E-state index in [1.165, 1.54) is 34.7 Å². The molecule has 0 radical (unpaired) electrons. The Balaban J connectivity index is 1.41. The van der Waals surface area contributed by atoms with E-state index in [1.807, 2.05) is 23.2 Å². The van der Waals surface area contributed by atoms with Crippen molar-refractivity contribution in [3.63, 3.8) is 0 Å². The van der Waals surface area contributed by atoms with Gasteiger partial charge in [0.15, 0.2) is 0 Å². The highest BCUT2D eigenvalue weighted by Gasteiger charge is 2.39. The Morgan fingerprint density at radius 2 is 1.75 bits per heavy atom. The number of nitrogens with zero attached hydrogens (tertiary/aromatic N) is 2. The lowest BCUT2D eigenvalue weighted by molar-refractivity contribution is -0.0885. The number of fused-ring (bicyclic) bond motifs is 1. The summed E-state index contributed by atoms with van der Waals surface area (Å²) in [6, 6.07) is 14.0. The van der Waals surface area contributed by atoms with Crippen LogP contribution in [0.15, 0.2) is 54.7 Å². The molecule has 0 spiro atoms. The Morgan fingerprint density at radius 1 is 1.00 bits per heavy atom. The zero-order valence-corrected chi connectivity index (χ0v) is 15.2. The predicted molar refractivity (Wildman–Crippen MR) is 103 cm³/mol. The van der Waals surface area contributed by atoms with Crippen LogP contribution in [0.4, 0.5) is 18.9 Å². The molecule has 146 valence electrons. The molecular formula is C21H20F3N3O. The Labute approximate surface area is 160 Å². The number of carbonyl (C=O) groups excluding carboxylic acids is 1. The molecule has 1 aliphatic rings. The van der Waals surface area contributed by atoms with Gasteiger partial charge in [-0.2, -0.15) is 13.2 Å². The molecule has 28 heavy (non-hydrogen) atoms. The SMILES string of the molecule is O=C(c1cccc(N2CCN(Cc3[nH]cc4ccccc34)CC2)c1)C(F)(F)F. The average Bonchev–Trinajstić information content (AvgIpc) is 3.10. The van der Waals surface area contributed by atoms with Crippen molar-refractivity contribution < 1.29 is 18.0 Å². The quantitative estimate of drug-likeness (QED) is 0.681. The normalized spacial score (nSPS) is 15.9. The maximum Gasteiger partial charge on any atom is 0.454 e. The van der Waals surface area contributed by atoms with Crippen molar-refractivity contribution in [3.05, 3.63) is 66.0 Å². The van der Waals surface area contributed by atoms with Crippen LogP contribution >= 0.6 is 0 Å². The largest absolute Gasteiger partial charge is 0.454 e. The van der Waals surface area contributed by atoms with Crippen molar-refractivity contribution in [2.75, 3.05) is 31.1 Å². The Morgan fingerprint density at radius 3 is 2.50 bits per heavy atom. The molecule has 3 aromatic rings. The highest BCUT2D eigenvalue weighted by molar-refractivity contribution is 6.01. The zero-order chi connectivity index (χ0) is 19.7. The minimum atomic E-state index is -4.85.